The molecule has 1 aromatic heterocycles. The predicted octanol–water partition coefficient (Wildman–Crippen LogP) is 6.94. The van der Waals surface area contributed by atoms with Gasteiger partial charge in [-0.25, -0.2) is 4.79 Å². The summed E-state index contributed by atoms with van der Waals surface area (Å²) in [7, 11) is 0. The van der Waals surface area contributed by atoms with Gasteiger partial charge < -0.3 is 14.8 Å². The molecule has 7 heteroatoms. The molecule has 1 N–H and O–H groups in total. The van der Waals surface area contributed by atoms with Gasteiger partial charge >= 0.3 is 12.2 Å². The Hall–Kier alpha value is -4.00. The van der Waals surface area contributed by atoms with E-state index in [1.54, 1.807) is 4.90 Å². The first kappa shape index (κ1) is 21.8. The summed E-state index contributed by atoms with van der Waals surface area (Å²) in [6.07, 6.45) is -2.53. The minimum atomic E-state index is -4.49. The van der Waals surface area contributed by atoms with E-state index in [-0.39, 0.29) is 5.69 Å². The number of benzene rings is 3. The molecule has 0 aliphatic carbocycles. The van der Waals surface area contributed by atoms with Crippen molar-refractivity contribution in [2.24, 2.45) is 0 Å². The van der Waals surface area contributed by atoms with Crippen LogP contribution in [0.4, 0.5) is 23.7 Å². The van der Waals surface area contributed by atoms with Gasteiger partial charge in [0.25, 0.3) is 0 Å². The van der Waals surface area contributed by atoms with Crippen molar-refractivity contribution >= 4 is 11.7 Å². The van der Waals surface area contributed by atoms with E-state index in [9.17, 15) is 18.0 Å². The molecule has 5 rings (SSSR count). The van der Waals surface area contributed by atoms with Gasteiger partial charge in [0.1, 0.15) is 0 Å². The second-order valence-electron chi connectivity index (χ2n) is 8.38. The van der Waals surface area contributed by atoms with Crippen molar-refractivity contribution < 1.29 is 18.0 Å². The van der Waals surface area contributed by atoms with Crippen LogP contribution >= 0.6 is 0 Å². The van der Waals surface area contributed by atoms with Crippen molar-refractivity contribution in [3.63, 3.8) is 0 Å². The number of alkyl halides is 3. The number of urea groups is 1. The van der Waals surface area contributed by atoms with Crippen LogP contribution in [0.25, 0.3) is 5.69 Å². The van der Waals surface area contributed by atoms with Gasteiger partial charge in [0.05, 0.1) is 23.8 Å². The van der Waals surface area contributed by atoms with Crippen LogP contribution in [0.2, 0.25) is 0 Å². The Kier molecular flexibility index (Phi) is 5.40. The number of para-hydroxylation sites is 1. The number of aromatic nitrogens is 1. The molecule has 2 amide bonds. The predicted molar refractivity (Wildman–Crippen MR) is 125 cm³/mol. The van der Waals surface area contributed by atoms with Gasteiger partial charge in [-0.1, -0.05) is 54.1 Å². The number of rotatable bonds is 2. The lowest BCUT2D eigenvalue weighted by Crippen LogP contribution is -2.38. The maximum absolute atomic E-state index is 13.6. The van der Waals surface area contributed by atoms with Crippen LogP contribution in [0.1, 0.15) is 34.0 Å². The van der Waals surface area contributed by atoms with Crippen LogP contribution in [0.15, 0.2) is 91.1 Å². The highest BCUT2D eigenvalue weighted by atomic mass is 19.4. The molecule has 1 unspecified atom stereocenters. The van der Waals surface area contributed by atoms with E-state index < -0.39 is 23.8 Å². The van der Waals surface area contributed by atoms with E-state index in [1.807, 2.05) is 73.8 Å². The van der Waals surface area contributed by atoms with Gasteiger partial charge in [-0.15, -0.1) is 0 Å². The Morgan fingerprint density at radius 2 is 1.71 bits per heavy atom. The summed E-state index contributed by atoms with van der Waals surface area (Å²) >= 11 is 0. The molecule has 1 aliphatic rings. The summed E-state index contributed by atoms with van der Waals surface area (Å²) in [6.45, 7) is 2.29. The Bertz CT molecular complexity index is 1340. The highest BCUT2D eigenvalue weighted by molar-refractivity contribution is 5.90. The number of hydrogen-bond donors (Lipinski definition) is 1. The van der Waals surface area contributed by atoms with Crippen molar-refractivity contribution in [1.29, 1.82) is 0 Å². The van der Waals surface area contributed by atoms with Crippen LogP contribution < -0.4 is 5.32 Å². The number of hydrogen-bond acceptors (Lipinski definition) is 1. The monoisotopic (exact) mass is 461 g/mol. The second-order valence-corrected chi connectivity index (χ2v) is 8.38. The highest BCUT2D eigenvalue weighted by Gasteiger charge is 2.34. The van der Waals surface area contributed by atoms with Gasteiger partial charge in [0.15, 0.2) is 0 Å². The van der Waals surface area contributed by atoms with E-state index in [2.05, 4.69) is 9.88 Å². The summed E-state index contributed by atoms with van der Waals surface area (Å²) in [5.41, 5.74) is 4.09. The van der Waals surface area contributed by atoms with E-state index in [1.165, 1.54) is 12.1 Å². The summed E-state index contributed by atoms with van der Waals surface area (Å²) in [6, 6.07) is 23.4. The molecule has 4 aromatic rings. The Morgan fingerprint density at radius 1 is 0.941 bits per heavy atom. The quantitative estimate of drug-likeness (QED) is 0.345. The number of anilines is 1. The molecule has 0 bridgehead atoms. The summed E-state index contributed by atoms with van der Waals surface area (Å²) in [4.78, 5) is 15.3. The maximum atomic E-state index is 13.6. The molecule has 34 heavy (non-hydrogen) atoms. The van der Waals surface area contributed by atoms with Crippen molar-refractivity contribution in [3.05, 3.63) is 119 Å². The van der Waals surface area contributed by atoms with Crippen molar-refractivity contribution in [2.75, 3.05) is 5.32 Å². The highest BCUT2D eigenvalue weighted by Crippen LogP contribution is 2.37. The first-order valence-electron chi connectivity index (χ1n) is 10.9. The fourth-order valence-corrected chi connectivity index (χ4v) is 4.41. The SMILES string of the molecule is Cc1ccc(C2c3cccn3-c3ccccc3CN2C(=O)Nc2cccc(C(F)(F)F)c2)cc1. The number of carbonyl (C=O) groups is 1. The lowest BCUT2D eigenvalue weighted by molar-refractivity contribution is -0.137. The Labute approximate surface area is 195 Å². The van der Waals surface area contributed by atoms with Crippen molar-refractivity contribution in [2.45, 2.75) is 25.7 Å². The van der Waals surface area contributed by atoms with E-state index in [0.29, 0.717) is 6.54 Å². The fourth-order valence-electron chi connectivity index (χ4n) is 4.41. The van der Waals surface area contributed by atoms with E-state index in [0.717, 1.165) is 40.2 Å². The molecular formula is C27H22F3N3O. The smallest absolute Gasteiger partial charge is 0.318 e. The maximum Gasteiger partial charge on any atom is 0.416 e. The van der Waals surface area contributed by atoms with Gasteiger partial charge in [0.2, 0.25) is 0 Å². The van der Waals surface area contributed by atoms with Crippen LogP contribution in [-0.4, -0.2) is 15.5 Å². The topological polar surface area (TPSA) is 37.3 Å². The number of aryl methyl sites for hydroxylation is 1. The molecule has 172 valence electrons. The van der Waals surface area contributed by atoms with Crippen LogP contribution in [0.5, 0.6) is 0 Å². The van der Waals surface area contributed by atoms with E-state index >= 15 is 0 Å². The first-order valence-corrected chi connectivity index (χ1v) is 10.9. The molecule has 2 heterocycles. The zero-order valence-corrected chi connectivity index (χ0v) is 18.4. The fraction of sp³-hybridized carbons (Fsp3) is 0.148. The molecule has 1 atom stereocenters. The first-order chi connectivity index (χ1) is 16.3. The molecule has 3 aromatic carbocycles. The molecule has 0 fully saturated rings. The molecule has 1 aliphatic heterocycles. The zero-order valence-electron chi connectivity index (χ0n) is 18.4. The third-order valence-corrected chi connectivity index (χ3v) is 6.06. The number of fused-ring (bicyclic) bond motifs is 3. The Morgan fingerprint density at radius 3 is 2.47 bits per heavy atom. The average molecular weight is 461 g/mol. The van der Waals surface area contributed by atoms with Crippen LogP contribution in [-0.2, 0) is 12.7 Å². The minimum Gasteiger partial charge on any atom is -0.318 e. The number of nitrogens with zero attached hydrogens (tertiary/aromatic N) is 2. The summed E-state index contributed by atoms with van der Waals surface area (Å²) in [5.74, 6) is 0. The number of carbonyl (C=O) groups excluding carboxylic acids is 1. The van der Waals surface area contributed by atoms with Crippen molar-refractivity contribution in [1.82, 2.24) is 9.47 Å². The molecule has 0 saturated carbocycles. The molecule has 4 nitrogen and oxygen atoms in total. The number of nitrogens with one attached hydrogen (secondary N) is 1. The summed E-state index contributed by atoms with van der Waals surface area (Å²) < 4.78 is 41.7. The van der Waals surface area contributed by atoms with Gasteiger partial charge in [-0.2, -0.15) is 13.2 Å². The third-order valence-electron chi connectivity index (χ3n) is 6.06. The van der Waals surface area contributed by atoms with Crippen molar-refractivity contribution in [3.8, 4) is 5.69 Å². The third kappa shape index (κ3) is 4.05. The minimum absolute atomic E-state index is 0.0930. The van der Waals surface area contributed by atoms with Crippen LogP contribution in [0.3, 0.4) is 0 Å². The molecular weight excluding hydrogens is 439 g/mol. The largest absolute Gasteiger partial charge is 0.416 e. The molecule has 0 radical (unpaired) electrons. The second kappa shape index (κ2) is 8.41. The summed E-state index contributed by atoms with van der Waals surface area (Å²) in [5, 5.41) is 2.69. The zero-order chi connectivity index (χ0) is 23.9. The number of amides is 2. The molecule has 0 saturated heterocycles. The number of halogens is 3. The normalized spacial score (nSPS) is 15.3. The van der Waals surface area contributed by atoms with Gasteiger partial charge in [-0.05, 0) is 54.4 Å². The van der Waals surface area contributed by atoms with Gasteiger partial charge in [-0.3, -0.25) is 0 Å². The Balaban J connectivity index is 1.59. The van der Waals surface area contributed by atoms with E-state index in [4.69, 9.17) is 0 Å². The standard InChI is InChI=1S/C27H22F3N3O/c1-18-11-13-19(14-12-18)25-24-10-5-15-32(24)23-9-3-2-6-20(23)17-33(25)26(34)31-22-8-4-7-21(16-22)27(28,29)30/h2-16,25H,17H2,1H3,(H,31,34). The van der Waals surface area contributed by atoms with Gasteiger partial charge in [0, 0.05) is 17.6 Å². The lowest BCUT2D eigenvalue weighted by atomic mass is 10.0. The molecule has 0 spiro atoms. The average Bonchev–Trinajstić information content (AvgIpc) is 3.24. The lowest BCUT2D eigenvalue weighted by Gasteiger charge is -2.31. The van der Waals surface area contributed by atoms with Crippen LogP contribution in [0, 0.1) is 6.92 Å².